The molecule has 1 aliphatic carbocycles. The topological polar surface area (TPSA) is 69.0 Å². The summed E-state index contributed by atoms with van der Waals surface area (Å²) < 4.78 is 7.80. The Morgan fingerprint density at radius 1 is 1.13 bits per heavy atom. The van der Waals surface area contributed by atoms with Crippen molar-refractivity contribution < 1.29 is 9.53 Å². The van der Waals surface area contributed by atoms with Crippen molar-refractivity contribution in [2.75, 3.05) is 17.7 Å². The number of thioether (sulfide) groups is 1. The molecule has 6 nitrogen and oxygen atoms in total. The SMILES string of the molecule is CCCCCCOc1ccc(C2C3=C(CCCC3=O)Nc3nc(SCCC)nn32)cc1. The number of ketones is 1. The predicted octanol–water partition coefficient (Wildman–Crippen LogP) is 5.76. The number of Topliss-reactive ketones (excluding diaryl/α,β-unsaturated/α-hetero) is 1. The van der Waals surface area contributed by atoms with Gasteiger partial charge < -0.3 is 10.1 Å². The monoisotopic (exact) mass is 440 g/mol. The minimum Gasteiger partial charge on any atom is -0.494 e. The summed E-state index contributed by atoms with van der Waals surface area (Å²) in [5, 5.41) is 8.91. The third-order valence-electron chi connectivity index (χ3n) is 5.75. The van der Waals surface area contributed by atoms with E-state index in [1.54, 1.807) is 11.8 Å². The van der Waals surface area contributed by atoms with Crippen LogP contribution in [0.15, 0.2) is 40.7 Å². The molecule has 4 rings (SSSR count). The number of rotatable bonds is 10. The van der Waals surface area contributed by atoms with Gasteiger partial charge in [0, 0.05) is 23.4 Å². The van der Waals surface area contributed by atoms with Crippen molar-refractivity contribution in [3.63, 3.8) is 0 Å². The van der Waals surface area contributed by atoms with Crippen molar-refractivity contribution in [2.45, 2.75) is 76.4 Å². The predicted molar refractivity (Wildman–Crippen MR) is 125 cm³/mol. The molecule has 1 aromatic carbocycles. The standard InChI is InChI=1S/C24H32N4O2S/c1-3-5-6-7-15-30-18-13-11-17(12-14-18)22-21-19(9-8-10-20(21)29)25-23-26-24(27-28(22)23)31-16-4-2/h11-14,22H,3-10,15-16H2,1-2H3,(H,25,26,27). The van der Waals surface area contributed by atoms with Crippen LogP contribution in [0.3, 0.4) is 0 Å². The zero-order valence-corrected chi connectivity index (χ0v) is 19.3. The summed E-state index contributed by atoms with van der Waals surface area (Å²) in [4.78, 5) is 17.6. The summed E-state index contributed by atoms with van der Waals surface area (Å²) in [7, 11) is 0. The van der Waals surface area contributed by atoms with E-state index in [-0.39, 0.29) is 11.8 Å². The van der Waals surface area contributed by atoms with Crippen LogP contribution in [-0.2, 0) is 4.79 Å². The fraction of sp³-hybridized carbons (Fsp3) is 0.542. The number of nitrogens with one attached hydrogen (secondary N) is 1. The van der Waals surface area contributed by atoms with E-state index < -0.39 is 0 Å². The molecule has 2 aliphatic rings. The Balaban J connectivity index is 1.58. The van der Waals surface area contributed by atoms with E-state index in [1.165, 1.54) is 19.3 Å². The molecule has 1 aliphatic heterocycles. The van der Waals surface area contributed by atoms with Gasteiger partial charge in [-0.05, 0) is 43.4 Å². The largest absolute Gasteiger partial charge is 0.494 e. The molecule has 7 heteroatoms. The molecule has 0 fully saturated rings. The lowest BCUT2D eigenvalue weighted by Gasteiger charge is -2.32. The van der Waals surface area contributed by atoms with Crippen LogP contribution < -0.4 is 10.1 Å². The molecule has 0 saturated heterocycles. The number of ether oxygens (including phenoxy) is 1. The molecular weight excluding hydrogens is 408 g/mol. The molecule has 1 aromatic heterocycles. The van der Waals surface area contributed by atoms with E-state index in [0.29, 0.717) is 6.42 Å². The molecule has 0 amide bonds. The maximum absolute atomic E-state index is 12.9. The van der Waals surface area contributed by atoms with Crippen LogP contribution in [0.1, 0.15) is 76.8 Å². The Kier molecular flexibility index (Phi) is 7.33. The third-order valence-corrected chi connectivity index (χ3v) is 6.79. The number of benzene rings is 1. The van der Waals surface area contributed by atoms with Crippen LogP contribution in [0.2, 0.25) is 0 Å². The average Bonchev–Trinajstić information content (AvgIpc) is 3.19. The van der Waals surface area contributed by atoms with Crippen LogP contribution in [0.5, 0.6) is 5.75 Å². The lowest BCUT2D eigenvalue weighted by atomic mass is 9.85. The van der Waals surface area contributed by atoms with Crippen molar-refractivity contribution in [1.82, 2.24) is 14.8 Å². The number of anilines is 1. The molecule has 0 bridgehead atoms. The van der Waals surface area contributed by atoms with Gasteiger partial charge in [-0.1, -0.05) is 57.0 Å². The van der Waals surface area contributed by atoms with E-state index in [2.05, 4.69) is 31.3 Å². The number of aromatic nitrogens is 3. The number of allylic oxidation sites excluding steroid dienone is 2. The van der Waals surface area contributed by atoms with Crippen molar-refractivity contribution in [2.24, 2.45) is 0 Å². The molecule has 166 valence electrons. The molecule has 31 heavy (non-hydrogen) atoms. The van der Waals surface area contributed by atoms with E-state index in [9.17, 15) is 4.79 Å². The van der Waals surface area contributed by atoms with Gasteiger partial charge in [0.1, 0.15) is 11.8 Å². The normalized spacial score (nSPS) is 17.9. The molecule has 0 spiro atoms. The number of nitrogens with zero attached hydrogens (tertiary/aromatic N) is 3. The highest BCUT2D eigenvalue weighted by Gasteiger charge is 2.36. The Labute approximate surface area is 188 Å². The Morgan fingerprint density at radius 3 is 2.74 bits per heavy atom. The van der Waals surface area contributed by atoms with Gasteiger partial charge in [0.25, 0.3) is 0 Å². The smallest absolute Gasteiger partial charge is 0.227 e. The van der Waals surface area contributed by atoms with Crippen molar-refractivity contribution in [1.29, 1.82) is 0 Å². The fourth-order valence-corrected chi connectivity index (χ4v) is 4.85. The van der Waals surface area contributed by atoms with Crippen LogP contribution in [0, 0.1) is 0 Å². The molecule has 1 N–H and O–H groups in total. The van der Waals surface area contributed by atoms with Crippen LogP contribution in [0.4, 0.5) is 5.95 Å². The highest BCUT2D eigenvalue weighted by atomic mass is 32.2. The van der Waals surface area contributed by atoms with Gasteiger partial charge in [-0.3, -0.25) is 4.79 Å². The molecule has 1 atom stereocenters. The summed E-state index contributed by atoms with van der Waals surface area (Å²) in [6, 6.07) is 7.91. The first-order valence-electron chi connectivity index (χ1n) is 11.6. The minimum atomic E-state index is -0.235. The van der Waals surface area contributed by atoms with Gasteiger partial charge >= 0.3 is 0 Å². The molecule has 1 unspecified atom stereocenters. The van der Waals surface area contributed by atoms with E-state index in [1.807, 2.05) is 16.8 Å². The molecule has 0 saturated carbocycles. The molecule has 2 heterocycles. The van der Waals surface area contributed by atoms with Gasteiger partial charge in [-0.15, -0.1) is 5.10 Å². The van der Waals surface area contributed by atoms with E-state index in [0.717, 1.165) is 71.7 Å². The number of carbonyl (C=O) groups excluding carboxylic acids is 1. The first-order valence-corrected chi connectivity index (χ1v) is 12.5. The number of hydrogen-bond donors (Lipinski definition) is 1. The first kappa shape index (κ1) is 21.9. The number of hydrogen-bond acceptors (Lipinski definition) is 6. The quantitative estimate of drug-likeness (QED) is 0.374. The molecule has 2 aromatic rings. The number of carbonyl (C=O) groups is 1. The minimum absolute atomic E-state index is 0.207. The average molecular weight is 441 g/mol. The zero-order valence-electron chi connectivity index (χ0n) is 18.5. The Morgan fingerprint density at radius 2 is 1.97 bits per heavy atom. The highest BCUT2D eigenvalue weighted by Crippen LogP contribution is 2.40. The Bertz CT molecular complexity index is 936. The van der Waals surface area contributed by atoms with Gasteiger partial charge in [-0.25, -0.2) is 4.68 Å². The van der Waals surface area contributed by atoms with E-state index >= 15 is 0 Å². The molecular formula is C24H32N4O2S. The second-order valence-corrected chi connectivity index (χ2v) is 9.25. The molecule has 0 radical (unpaired) electrons. The van der Waals surface area contributed by atoms with Crippen LogP contribution in [0.25, 0.3) is 0 Å². The number of fused-ring (bicyclic) bond motifs is 1. The van der Waals surface area contributed by atoms with Gasteiger partial charge in [0.05, 0.1) is 6.61 Å². The van der Waals surface area contributed by atoms with E-state index in [4.69, 9.17) is 14.8 Å². The highest BCUT2D eigenvalue weighted by molar-refractivity contribution is 7.99. The third kappa shape index (κ3) is 4.97. The van der Waals surface area contributed by atoms with Gasteiger partial charge in [-0.2, -0.15) is 4.98 Å². The summed E-state index contributed by atoms with van der Waals surface area (Å²) in [5.41, 5.74) is 2.88. The van der Waals surface area contributed by atoms with Gasteiger partial charge in [0.2, 0.25) is 11.1 Å². The first-order chi connectivity index (χ1) is 15.2. The van der Waals surface area contributed by atoms with Gasteiger partial charge in [0.15, 0.2) is 5.78 Å². The lowest BCUT2D eigenvalue weighted by molar-refractivity contribution is -0.116. The number of unbranched alkanes of at least 4 members (excludes halogenated alkanes) is 3. The summed E-state index contributed by atoms with van der Waals surface area (Å²) >= 11 is 1.66. The summed E-state index contributed by atoms with van der Waals surface area (Å²) in [5.74, 6) is 2.79. The van der Waals surface area contributed by atoms with Crippen molar-refractivity contribution in [3.8, 4) is 5.75 Å². The maximum atomic E-state index is 12.9. The van der Waals surface area contributed by atoms with Crippen LogP contribution in [-0.4, -0.2) is 32.9 Å². The Hall–Kier alpha value is -2.28. The second-order valence-electron chi connectivity index (χ2n) is 8.19. The fourth-order valence-electron chi connectivity index (χ4n) is 4.16. The zero-order chi connectivity index (χ0) is 21.6. The summed E-state index contributed by atoms with van der Waals surface area (Å²) in [6.45, 7) is 5.10. The summed E-state index contributed by atoms with van der Waals surface area (Å²) in [6.07, 6.45) is 8.18. The second kappa shape index (κ2) is 10.4. The van der Waals surface area contributed by atoms with Crippen molar-refractivity contribution in [3.05, 3.63) is 41.1 Å². The maximum Gasteiger partial charge on any atom is 0.227 e. The lowest BCUT2D eigenvalue weighted by Crippen LogP contribution is -2.31. The van der Waals surface area contributed by atoms with Crippen LogP contribution >= 0.6 is 11.8 Å². The van der Waals surface area contributed by atoms with Crippen molar-refractivity contribution >= 4 is 23.5 Å².